The highest BCUT2D eigenvalue weighted by molar-refractivity contribution is 7.20. The van der Waals surface area contributed by atoms with Gasteiger partial charge in [0.25, 0.3) is 5.91 Å². The van der Waals surface area contributed by atoms with E-state index >= 15 is 0 Å². The van der Waals surface area contributed by atoms with Crippen LogP contribution in [0.2, 0.25) is 10.0 Å². The molecule has 0 saturated heterocycles. The fourth-order valence-corrected chi connectivity index (χ4v) is 4.20. The second-order valence-corrected chi connectivity index (χ2v) is 8.23. The lowest BCUT2D eigenvalue weighted by Gasteiger charge is -2.10. The molecule has 1 aliphatic rings. The fourth-order valence-electron chi connectivity index (χ4n) is 2.86. The Bertz CT molecular complexity index is 961. The Labute approximate surface area is 165 Å². The van der Waals surface area contributed by atoms with Crippen molar-refractivity contribution >= 4 is 45.4 Å². The molecule has 3 nitrogen and oxygen atoms in total. The van der Waals surface area contributed by atoms with Crippen LogP contribution in [0, 0.1) is 0 Å². The zero-order chi connectivity index (χ0) is 18.3. The number of benzene rings is 2. The van der Waals surface area contributed by atoms with Gasteiger partial charge in [-0.1, -0.05) is 47.5 Å². The molecule has 0 spiro atoms. The summed E-state index contributed by atoms with van der Waals surface area (Å²) in [7, 11) is 0. The molecule has 0 unspecified atom stereocenters. The van der Waals surface area contributed by atoms with Gasteiger partial charge in [-0.3, -0.25) is 4.79 Å². The van der Waals surface area contributed by atoms with E-state index in [0.717, 1.165) is 34.4 Å². The van der Waals surface area contributed by atoms with Crippen molar-refractivity contribution in [3.8, 4) is 21.6 Å². The molecule has 1 saturated carbocycles. The SMILES string of the molecule is Nc1sc(-c2ccc(Cl)cc2)c(-c2ccc(Cl)cc2)c1C(=O)NC1CC1. The van der Waals surface area contributed by atoms with Crippen LogP contribution in [0.4, 0.5) is 5.00 Å². The summed E-state index contributed by atoms with van der Waals surface area (Å²) in [5.74, 6) is -0.119. The van der Waals surface area contributed by atoms with Crippen molar-refractivity contribution in [3.63, 3.8) is 0 Å². The van der Waals surface area contributed by atoms with Gasteiger partial charge in [-0.15, -0.1) is 11.3 Å². The first-order valence-electron chi connectivity index (χ1n) is 8.28. The van der Waals surface area contributed by atoms with E-state index in [9.17, 15) is 4.79 Å². The third-order valence-electron chi connectivity index (χ3n) is 4.31. The second kappa shape index (κ2) is 6.95. The van der Waals surface area contributed by atoms with Crippen molar-refractivity contribution < 1.29 is 4.79 Å². The molecular weight excluding hydrogens is 387 g/mol. The Kier molecular flexibility index (Phi) is 4.65. The van der Waals surface area contributed by atoms with Crippen LogP contribution in [0.15, 0.2) is 48.5 Å². The molecule has 3 aromatic rings. The van der Waals surface area contributed by atoms with E-state index < -0.39 is 0 Å². The smallest absolute Gasteiger partial charge is 0.255 e. The number of halogens is 2. The number of nitrogens with one attached hydrogen (secondary N) is 1. The van der Waals surface area contributed by atoms with Crippen LogP contribution in [0.1, 0.15) is 23.2 Å². The van der Waals surface area contributed by atoms with Gasteiger partial charge in [0.1, 0.15) is 0 Å². The summed E-state index contributed by atoms with van der Waals surface area (Å²) < 4.78 is 0. The van der Waals surface area contributed by atoms with Crippen LogP contribution >= 0.6 is 34.5 Å². The number of hydrogen-bond donors (Lipinski definition) is 2. The third-order valence-corrected chi connectivity index (χ3v) is 5.89. The number of amides is 1. The fraction of sp³-hybridized carbons (Fsp3) is 0.150. The Hall–Kier alpha value is -2.01. The molecule has 0 aliphatic heterocycles. The Morgan fingerprint density at radius 1 is 0.962 bits per heavy atom. The number of anilines is 1. The van der Waals surface area contributed by atoms with Crippen molar-refractivity contribution in [2.45, 2.75) is 18.9 Å². The maximum absolute atomic E-state index is 12.8. The molecule has 4 rings (SSSR count). The van der Waals surface area contributed by atoms with E-state index in [2.05, 4.69) is 5.32 Å². The predicted octanol–water partition coefficient (Wildman–Crippen LogP) is 5.86. The minimum Gasteiger partial charge on any atom is -0.390 e. The van der Waals surface area contributed by atoms with Crippen molar-refractivity contribution in [2.24, 2.45) is 0 Å². The number of rotatable bonds is 4. The molecular formula is C20H16Cl2N2OS. The first-order valence-corrected chi connectivity index (χ1v) is 9.85. The first-order chi connectivity index (χ1) is 12.5. The predicted molar refractivity (Wildman–Crippen MR) is 110 cm³/mol. The molecule has 26 heavy (non-hydrogen) atoms. The summed E-state index contributed by atoms with van der Waals surface area (Å²) >= 11 is 13.5. The monoisotopic (exact) mass is 402 g/mol. The van der Waals surface area contributed by atoms with Gasteiger partial charge in [0.05, 0.1) is 10.6 Å². The van der Waals surface area contributed by atoms with E-state index in [1.807, 2.05) is 48.5 Å². The Morgan fingerprint density at radius 3 is 2.04 bits per heavy atom. The maximum Gasteiger partial charge on any atom is 0.255 e. The molecule has 3 N–H and O–H groups in total. The van der Waals surface area contributed by atoms with Gasteiger partial charge in [-0.05, 0) is 48.2 Å². The minimum absolute atomic E-state index is 0.119. The lowest BCUT2D eigenvalue weighted by atomic mass is 9.97. The summed E-state index contributed by atoms with van der Waals surface area (Å²) in [5.41, 5.74) is 9.54. The summed E-state index contributed by atoms with van der Waals surface area (Å²) in [6.45, 7) is 0. The number of nitrogens with two attached hydrogens (primary N) is 1. The standard InChI is InChI=1S/C20H16Cl2N2OS/c21-13-5-1-11(2-6-13)16-17(20(25)24-15-9-10-15)19(23)26-18(16)12-3-7-14(22)8-4-12/h1-8,15H,9-10,23H2,(H,24,25). The molecule has 1 heterocycles. The van der Waals surface area contributed by atoms with Gasteiger partial charge in [0.15, 0.2) is 0 Å². The molecule has 0 bridgehead atoms. The summed E-state index contributed by atoms with van der Waals surface area (Å²) in [6, 6.07) is 15.3. The molecule has 2 aromatic carbocycles. The van der Waals surface area contributed by atoms with Gasteiger partial charge >= 0.3 is 0 Å². The zero-order valence-corrected chi connectivity index (χ0v) is 16.1. The second-order valence-electron chi connectivity index (χ2n) is 6.31. The van der Waals surface area contributed by atoms with E-state index in [1.54, 1.807) is 0 Å². The van der Waals surface area contributed by atoms with Gasteiger partial charge in [0, 0.05) is 26.5 Å². The van der Waals surface area contributed by atoms with Gasteiger partial charge in [-0.25, -0.2) is 0 Å². The molecule has 1 aromatic heterocycles. The van der Waals surface area contributed by atoms with Crippen LogP contribution in [0.25, 0.3) is 21.6 Å². The number of carbonyl (C=O) groups excluding carboxylic acids is 1. The topological polar surface area (TPSA) is 55.1 Å². The van der Waals surface area contributed by atoms with Crippen molar-refractivity contribution in [3.05, 3.63) is 64.1 Å². The lowest BCUT2D eigenvalue weighted by Crippen LogP contribution is -2.26. The number of hydrogen-bond acceptors (Lipinski definition) is 3. The molecule has 0 atom stereocenters. The highest BCUT2D eigenvalue weighted by atomic mass is 35.5. The van der Waals surface area contributed by atoms with E-state index in [0.29, 0.717) is 20.6 Å². The highest BCUT2D eigenvalue weighted by Gasteiger charge is 2.29. The Morgan fingerprint density at radius 2 is 1.50 bits per heavy atom. The minimum atomic E-state index is -0.119. The van der Waals surface area contributed by atoms with Crippen LogP contribution in [-0.4, -0.2) is 11.9 Å². The van der Waals surface area contributed by atoms with Gasteiger partial charge in [-0.2, -0.15) is 0 Å². The van der Waals surface area contributed by atoms with Crippen LogP contribution in [0.5, 0.6) is 0 Å². The molecule has 1 aliphatic carbocycles. The van der Waals surface area contributed by atoms with E-state index in [1.165, 1.54) is 11.3 Å². The first kappa shape index (κ1) is 17.4. The van der Waals surface area contributed by atoms with Crippen molar-refractivity contribution in [2.75, 3.05) is 5.73 Å². The molecule has 1 amide bonds. The lowest BCUT2D eigenvalue weighted by molar-refractivity contribution is 0.0953. The zero-order valence-electron chi connectivity index (χ0n) is 13.8. The Balaban J connectivity index is 1.89. The normalized spacial score (nSPS) is 13.6. The number of nitrogen functional groups attached to an aromatic ring is 1. The van der Waals surface area contributed by atoms with Gasteiger partial charge < -0.3 is 11.1 Å². The van der Waals surface area contributed by atoms with Crippen LogP contribution in [0.3, 0.4) is 0 Å². The average molecular weight is 403 g/mol. The maximum atomic E-state index is 12.8. The largest absolute Gasteiger partial charge is 0.390 e. The molecule has 132 valence electrons. The van der Waals surface area contributed by atoms with Crippen molar-refractivity contribution in [1.29, 1.82) is 0 Å². The van der Waals surface area contributed by atoms with Crippen LogP contribution in [-0.2, 0) is 0 Å². The summed E-state index contributed by atoms with van der Waals surface area (Å²) in [5, 5.41) is 4.87. The van der Waals surface area contributed by atoms with Crippen molar-refractivity contribution in [1.82, 2.24) is 5.32 Å². The molecule has 6 heteroatoms. The van der Waals surface area contributed by atoms with Gasteiger partial charge in [0.2, 0.25) is 0 Å². The number of thiophene rings is 1. The van der Waals surface area contributed by atoms with E-state index in [4.69, 9.17) is 28.9 Å². The number of carbonyl (C=O) groups is 1. The third kappa shape index (κ3) is 3.45. The quantitative estimate of drug-likeness (QED) is 0.573. The van der Waals surface area contributed by atoms with Crippen LogP contribution < -0.4 is 11.1 Å². The highest BCUT2D eigenvalue weighted by Crippen LogP contribution is 2.45. The molecule has 0 radical (unpaired) electrons. The summed E-state index contributed by atoms with van der Waals surface area (Å²) in [4.78, 5) is 13.8. The molecule has 1 fully saturated rings. The average Bonchev–Trinajstić information content (AvgIpc) is 3.36. The summed E-state index contributed by atoms with van der Waals surface area (Å²) in [6.07, 6.45) is 2.05. The van der Waals surface area contributed by atoms with E-state index in [-0.39, 0.29) is 11.9 Å².